The first-order valence-corrected chi connectivity index (χ1v) is 12.3. The molecule has 0 bridgehead atoms. The molecule has 9 nitrogen and oxygen atoms in total. The molecule has 3 heterocycles. The van der Waals surface area contributed by atoms with Crippen molar-refractivity contribution in [1.29, 1.82) is 0 Å². The molecule has 0 saturated heterocycles. The Morgan fingerprint density at radius 1 is 1.09 bits per heavy atom. The topological polar surface area (TPSA) is 116 Å². The minimum Gasteiger partial charge on any atom is -0.431 e. The van der Waals surface area contributed by atoms with E-state index in [9.17, 15) is 0 Å². The third-order valence-electron chi connectivity index (χ3n) is 5.79. The minimum atomic E-state index is 0.449. The summed E-state index contributed by atoms with van der Waals surface area (Å²) in [6.45, 7) is 1.47. The van der Waals surface area contributed by atoms with Crippen LogP contribution in [0.5, 0.6) is 10.9 Å². The van der Waals surface area contributed by atoms with E-state index in [4.69, 9.17) is 20.4 Å². The van der Waals surface area contributed by atoms with Gasteiger partial charge in [0.25, 0.3) is 5.19 Å². The Balaban J connectivity index is 1.40. The summed E-state index contributed by atoms with van der Waals surface area (Å²) >= 11 is 1.46. The molecule has 1 saturated carbocycles. The van der Waals surface area contributed by atoms with Gasteiger partial charge in [-0.1, -0.05) is 24.2 Å². The number of ether oxygens (including phenoxy) is 1. The van der Waals surface area contributed by atoms with Crippen molar-refractivity contribution in [3.05, 3.63) is 42.2 Å². The van der Waals surface area contributed by atoms with Crippen molar-refractivity contribution in [2.45, 2.75) is 44.6 Å². The van der Waals surface area contributed by atoms with Crippen LogP contribution >= 0.6 is 11.3 Å². The average Bonchev–Trinajstić information content (AvgIpc) is 3.60. The zero-order chi connectivity index (χ0) is 22.5. The molecule has 3 aromatic heterocycles. The first-order chi connectivity index (χ1) is 16.3. The van der Waals surface area contributed by atoms with Gasteiger partial charge in [-0.15, -0.1) is 0 Å². The highest BCUT2D eigenvalue weighted by atomic mass is 32.1. The first kappa shape index (κ1) is 21.6. The van der Waals surface area contributed by atoms with Gasteiger partial charge in [0.2, 0.25) is 5.95 Å². The predicted molar refractivity (Wildman–Crippen MR) is 132 cm³/mol. The molecule has 0 spiro atoms. The molecule has 0 aliphatic heterocycles. The van der Waals surface area contributed by atoms with E-state index in [0.29, 0.717) is 29.5 Å². The minimum absolute atomic E-state index is 0.449. The van der Waals surface area contributed by atoms with Gasteiger partial charge in [-0.25, -0.2) is 9.97 Å². The normalized spacial score (nSPS) is 14.1. The van der Waals surface area contributed by atoms with Crippen molar-refractivity contribution in [3.8, 4) is 10.9 Å². The Morgan fingerprint density at radius 2 is 1.94 bits per heavy atom. The molecule has 0 radical (unpaired) electrons. The Morgan fingerprint density at radius 3 is 2.70 bits per heavy atom. The molecule has 4 N–H and O–H groups in total. The lowest BCUT2D eigenvalue weighted by Crippen LogP contribution is -2.11. The molecular formula is C23H28N8OS. The summed E-state index contributed by atoms with van der Waals surface area (Å²) < 4.78 is 7.97. The highest BCUT2D eigenvalue weighted by Crippen LogP contribution is 2.34. The average molecular weight is 465 g/mol. The first-order valence-electron chi connectivity index (χ1n) is 11.4. The van der Waals surface area contributed by atoms with Crippen molar-refractivity contribution < 1.29 is 4.74 Å². The molecule has 1 aliphatic carbocycles. The van der Waals surface area contributed by atoms with E-state index in [0.717, 1.165) is 54.8 Å². The molecule has 1 aromatic carbocycles. The van der Waals surface area contributed by atoms with Gasteiger partial charge in [-0.05, 0) is 56.5 Å². The van der Waals surface area contributed by atoms with Crippen molar-refractivity contribution >= 4 is 40.0 Å². The van der Waals surface area contributed by atoms with Crippen LogP contribution in [0.1, 0.15) is 44.6 Å². The molecule has 10 heteroatoms. The van der Waals surface area contributed by atoms with Crippen LogP contribution in [-0.2, 0) is 0 Å². The molecule has 5 rings (SSSR count). The van der Waals surface area contributed by atoms with Gasteiger partial charge >= 0.3 is 0 Å². The smallest absolute Gasteiger partial charge is 0.278 e. The number of thiazole rings is 1. The SMILES string of the molecule is NCCCCNc1nc(Nc2ccc(Oc3nccs3)cc2)c2ncn(C3CCCC3)c2n1. The fourth-order valence-corrected chi connectivity index (χ4v) is 4.61. The van der Waals surface area contributed by atoms with E-state index in [2.05, 4.69) is 25.2 Å². The van der Waals surface area contributed by atoms with Crippen LogP contribution in [-0.4, -0.2) is 37.6 Å². The number of nitrogens with two attached hydrogens (primary N) is 1. The predicted octanol–water partition coefficient (Wildman–Crippen LogP) is 5.08. The molecule has 4 aromatic rings. The Hall–Kier alpha value is -3.24. The highest BCUT2D eigenvalue weighted by molar-refractivity contribution is 7.11. The van der Waals surface area contributed by atoms with E-state index in [-0.39, 0.29) is 0 Å². The van der Waals surface area contributed by atoms with Crippen LogP contribution in [0.25, 0.3) is 11.2 Å². The summed E-state index contributed by atoms with van der Waals surface area (Å²) in [7, 11) is 0. The molecule has 0 unspecified atom stereocenters. The van der Waals surface area contributed by atoms with Gasteiger partial charge in [-0.3, -0.25) is 0 Å². The highest BCUT2D eigenvalue weighted by Gasteiger charge is 2.22. The standard InChI is InChI=1S/C23H28N8OS/c24-11-3-4-12-25-22-29-20(19-21(30-22)31(15-27-19)17-5-1-2-6-17)28-16-7-9-18(10-8-16)32-23-26-13-14-33-23/h7-10,13-15,17H,1-6,11-12,24H2,(H2,25,28,29,30). The van der Waals surface area contributed by atoms with Gasteiger partial charge in [-0.2, -0.15) is 9.97 Å². The summed E-state index contributed by atoms with van der Waals surface area (Å²) in [6.07, 6.45) is 10.4. The molecule has 172 valence electrons. The lowest BCUT2D eigenvalue weighted by Gasteiger charge is -2.14. The number of fused-ring (bicyclic) bond motifs is 1. The molecule has 0 atom stereocenters. The fourth-order valence-electron chi connectivity index (χ4n) is 4.11. The van der Waals surface area contributed by atoms with Crippen LogP contribution in [0.2, 0.25) is 0 Å². The van der Waals surface area contributed by atoms with E-state index in [1.54, 1.807) is 6.20 Å². The molecule has 0 amide bonds. The number of unbranched alkanes of at least 4 members (excludes halogenated alkanes) is 1. The van der Waals surface area contributed by atoms with Crippen molar-refractivity contribution in [2.75, 3.05) is 23.7 Å². The summed E-state index contributed by atoms with van der Waals surface area (Å²) in [6, 6.07) is 8.18. The van der Waals surface area contributed by atoms with Crippen molar-refractivity contribution in [3.63, 3.8) is 0 Å². The molecular weight excluding hydrogens is 436 g/mol. The largest absolute Gasteiger partial charge is 0.431 e. The maximum absolute atomic E-state index is 5.76. The number of anilines is 3. The quantitative estimate of drug-likeness (QED) is 0.278. The van der Waals surface area contributed by atoms with Gasteiger partial charge < -0.3 is 25.7 Å². The number of hydrogen-bond acceptors (Lipinski definition) is 9. The van der Waals surface area contributed by atoms with Crippen LogP contribution in [0.4, 0.5) is 17.5 Å². The number of hydrogen-bond donors (Lipinski definition) is 3. The molecule has 33 heavy (non-hydrogen) atoms. The van der Waals surface area contributed by atoms with Crippen LogP contribution in [0, 0.1) is 0 Å². The van der Waals surface area contributed by atoms with Crippen LogP contribution in [0.15, 0.2) is 42.2 Å². The second-order valence-electron chi connectivity index (χ2n) is 8.13. The van der Waals surface area contributed by atoms with E-state index in [1.807, 2.05) is 36.0 Å². The number of nitrogens with zero attached hydrogens (tertiary/aromatic N) is 5. The third-order valence-corrected chi connectivity index (χ3v) is 6.43. The van der Waals surface area contributed by atoms with Gasteiger partial charge in [0.05, 0.1) is 6.33 Å². The lowest BCUT2D eigenvalue weighted by atomic mass is 10.2. The number of imidazole rings is 1. The van der Waals surface area contributed by atoms with E-state index in [1.165, 1.54) is 24.2 Å². The summed E-state index contributed by atoms with van der Waals surface area (Å²) in [5.74, 6) is 2.02. The summed E-state index contributed by atoms with van der Waals surface area (Å²) in [5.41, 5.74) is 8.16. The second-order valence-corrected chi connectivity index (χ2v) is 8.99. The molecule has 1 aliphatic rings. The fraction of sp³-hybridized carbons (Fsp3) is 0.391. The Kier molecular flexibility index (Phi) is 6.63. The van der Waals surface area contributed by atoms with E-state index < -0.39 is 0 Å². The maximum atomic E-state index is 5.76. The van der Waals surface area contributed by atoms with Crippen molar-refractivity contribution in [1.82, 2.24) is 24.5 Å². The summed E-state index contributed by atoms with van der Waals surface area (Å²) in [5, 5.41) is 9.29. The third kappa shape index (κ3) is 5.07. The Labute approximate surface area is 196 Å². The van der Waals surface area contributed by atoms with Gasteiger partial charge in [0.1, 0.15) is 5.75 Å². The second kappa shape index (κ2) is 10.1. The molecule has 1 fully saturated rings. The van der Waals surface area contributed by atoms with Crippen molar-refractivity contribution in [2.24, 2.45) is 5.73 Å². The lowest BCUT2D eigenvalue weighted by molar-refractivity contribution is 0.479. The zero-order valence-electron chi connectivity index (χ0n) is 18.4. The number of aromatic nitrogens is 5. The van der Waals surface area contributed by atoms with Crippen LogP contribution < -0.4 is 21.1 Å². The maximum Gasteiger partial charge on any atom is 0.278 e. The number of benzene rings is 1. The zero-order valence-corrected chi connectivity index (χ0v) is 19.2. The van der Waals surface area contributed by atoms with Crippen LogP contribution in [0.3, 0.4) is 0 Å². The number of nitrogens with one attached hydrogen (secondary N) is 2. The van der Waals surface area contributed by atoms with Gasteiger partial charge in [0.15, 0.2) is 17.0 Å². The van der Waals surface area contributed by atoms with Gasteiger partial charge in [0, 0.05) is 29.9 Å². The van der Waals surface area contributed by atoms with E-state index >= 15 is 0 Å². The summed E-state index contributed by atoms with van der Waals surface area (Å²) in [4.78, 5) is 18.4. The Bertz CT molecular complexity index is 1170. The number of rotatable bonds is 10. The monoisotopic (exact) mass is 464 g/mol.